The van der Waals surface area contributed by atoms with Crippen molar-refractivity contribution in [3.05, 3.63) is 55.1 Å². The molecule has 3 heterocycles. The van der Waals surface area contributed by atoms with Gasteiger partial charge in [-0.15, -0.1) is 0 Å². The Labute approximate surface area is 200 Å². The van der Waals surface area contributed by atoms with Gasteiger partial charge in [0.2, 0.25) is 11.9 Å². The molecular weight excluding hydrogens is 444 g/mol. The minimum Gasteiger partial charge on any atom is -0.508 e. The standard InChI is InChI=1S/C21H30N8OS.H2S/c1-5-8-17(15(3)30)16-9-7-12-28(13-16)21-24-11-10-18(25-21)19-14-29(26-19)31-27-20(22-4)23-6-2;/h5,8,10-11,14,16,26,30H,1,3,6-7,9,12-13H2,2,4H3,(H2,22,23,27);1H2/b17-8+;. The zero-order chi connectivity index (χ0) is 22.2. The number of allylic oxidation sites excluding steroid dienone is 3. The van der Waals surface area contributed by atoms with Crippen LogP contribution in [0.2, 0.25) is 0 Å². The van der Waals surface area contributed by atoms with E-state index in [-0.39, 0.29) is 25.2 Å². The first-order valence-corrected chi connectivity index (χ1v) is 11.0. The Kier molecular flexibility index (Phi) is 9.79. The van der Waals surface area contributed by atoms with Crippen LogP contribution in [-0.2, 0) is 0 Å². The number of aliphatic imine (C=N–C) groups is 1. The van der Waals surface area contributed by atoms with Gasteiger partial charge in [-0.2, -0.15) is 13.5 Å². The van der Waals surface area contributed by atoms with Gasteiger partial charge < -0.3 is 15.3 Å². The number of aromatic nitrogens is 4. The fourth-order valence-electron chi connectivity index (χ4n) is 3.48. The van der Waals surface area contributed by atoms with Crippen molar-refractivity contribution in [3.63, 3.8) is 0 Å². The lowest BCUT2D eigenvalue weighted by molar-refractivity contribution is 0.385. The molecule has 3 rings (SSSR count). The highest BCUT2D eigenvalue weighted by Crippen LogP contribution is 2.29. The van der Waals surface area contributed by atoms with Crippen molar-refractivity contribution < 1.29 is 5.11 Å². The molecule has 0 amide bonds. The molecule has 11 heteroatoms. The average Bonchev–Trinajstić information content (AvgIpc) is 2.75. The van der Waals surface area contributed by atoms with Crippen LogP contribution in [0, 0.1) is 5.92 Å². The van der Waals surface area contributed by atoms with Crippen molar-refractivity contribution in [2.45, 2.75) is 19.8 Å². The van der Waals surface area contributed by atoms with Crippen LogP contribution in [0.15, 0.2) is 60.1 Å². The fraction of sp³-hybridized carbons (Fsp3) is 0.381. The van der Waals surface area contributed by atoms with E-state index < -0.39 is 0 Å². The molecule has 0 bridgehead atoms. The van der Waals surface area contributed by atoms with Crippen LogP contribution in [0.25, 0.3) is 11.4 Å². The number of anilines is 1. The highest BCUT2D eigenvalue weighted by Gasteiger charge is 2.26. The normalized spacial score (nSPS) is 16.9. The van der Waals surface area contributed by atoms with Crippen molar-refractivity contribution in [1.82, 2.24) is 29.2 Å². The topological polar surface area (TPSA) is 106 Å². The van der Waals surface area contributed by atoms with Crippen molar-refractivity contribution in [1.29, 1.82) is 0 Å². The highest BCUT2D eigenvalue weighted by molar-refractivity contribution is 7.96. The van der Waals surface area contributed by atoms with Gasteiger partial charge >= 0.3 is 0 Å². The van der Waals surface area contributed by atoms with Gasteiger partial charge in [-0.25, -0.2) is 14.1 Å². The van der Waals surface area contributed by atoms with Crippen LogP contribution >= 0.6 is 25.6 Å². The van der Waals surface area contributed by atoms with Crippen LogP contribution in [0.1, 0.15) is 19.8 Å². The predicted molar refractivity (Wildman–Crippen MR) is 138 cm³/mol. The van der Waals surface area contributed by atoms with Crippen LogP contribution in [-0.4, -0.2) is 56.9 Å². The molecule has 4 N–H and O–H groups in total. The maximum absolute atomic E-state index is 9.96. The van der Waals surface area contributed by atoms with Crippen LogP contribution < -0.4 is 14.9 Å². The first-order valence-electron chi connectivity index (χ1n) is 10.3. The Balaban J connectivity index is 0.00000363. The molecule has 1 unspecified atom stereocenters. The number of aliphatic hydroxyl groups excluding tert-OH is 1. The maximum Gasteiger partial charge on any atom is 0.225 e. The van der Waals surface area contributed by atoms with Crippen molar-refractivity contribution in [3.8, 4) is 11.4 Å². The van der Waals surface area contributed by atoms with Gasteiger partial charge in [-0.05, 0) is 31.4 Å². The monoisotopic (exact) mass is 476 g/mol. The van der Waals surface area contributed by atoms with Crippen LogP contribution in [0.3, 0.4) is 0 Å². The number of aromatic amines is 1. The summed E-state index contributed by atoms with van der Waals surface area (Å²) in [5, 5.41) is 16.3. The lowest BCUT2D eigenvalue weighted by Gasteiger charge is -2.34. The molecule has 0 saturated carbocycles. The van der Waals surface area contributed by atoms with E-state index >= 15 is 0 Å². The number of piperidine rings is 1. The third-order valence-electron chi connectivity index (χ3n) is 4.98. The number of rotatable bonds is 8. The number of hydrogen-bond donors (Lipinski definition) is 4. The smallest absolute Gasteiger partial charge is 0.225 e. The van der Waals surface area contributed by atoms with E-state index in [4.69, 9.17) is 4.98 Å². The summed E-state index contributed by atoms with van der Waals surface area (Å²) in [6.45, 7) is 11.9. The van der Waals surface area contributed by atoms with Gasteiger partial charge in [0.1, 0.15) is 5.76 Å². The zero-order valence-electron chi connectivity index (χ0n) is 18.5. The molecule has 0 aromatic carbocycles. The molecule has 1 aliphatic rings. The summed E-state index contributed by atoms with van der Waals surface area (Å²) in [7, 11) is 1.73. The van der Waals surface area contributed by atoms with Crippen molar-refractivity contribution in [2.24, 2.45) is 10.9 Å². The second kappa shape index (κ2) is 12.3. The van der Waals surface area contributed by atoms with Gasteiger partial charge in [0.15, 0.2) is 0 Å². The number of hydrogen-bond acceptors (Lipinski definition) is 6. The van der Waals surface area contributed by atoms with E-state index in [9.17, 15) is 5.11 Å². The fourth-order valence-corrected chi connectivity index (χ4v) is 4.13. The summed E-state index contributed by atoms with van der Waals surface area (Å²) in [6, 6.07) is 1.88. The van der Waals surface area contributed by atoms with Gasteiger partial charge in [0.05, 0.1) is 29.7 Å². The molecular formula is C21H32N8OS2. The molecule has 0 aliphatic carbocycles. The van der Waals surface area contributed by atoms with Crippen molar-refractivity contribution in [2.75, 3.05) is 31.6 Å². The van der Waals surface area contributed by atoms with E-state index in [0.717, 1.165) is 55.4 Å². The second-order valence-corrected chi connectivity index (χ2v) is 7.89. The van der Waals surface area contributed by atoms with Crippen LogP contribution in [0.4, 0.5) is 5.95 Å². The van der Waals surface area contributed by atoms with Gasteiger partial charge in [-0.3, -0.25) is 14.8 Å². The maximum atomic E-state index is 9.96. The Bertz CT molecular complexity index is 953. The number of H-pyrrole nitrogens is 1. The number of nitrogens with zero attached hydrogens (tertiary/aromatic N) is 5. The first-order chi connectivity index (χ1) is 15.0. The van der Waals surface area contributed by atoms with Gasteiger partial charge in [-0.1, -0.05) is 25.3 Å². The molecule has 32 heavy (non-hydrogen) atoms. The zero-order valence-corrected chi connectivity index (χ0v) is 20.3. The summed E-state index contributed by atoms with van der Waals surface area (Å²) in [5.41, 5.74) is 2.57. The first kappa shape index (κ1) is 25.5. The summed E-state index contributed by atoms with van der Waals surface area (Å²) in [5.74, 6) is 1.67. The number of aliphatic hydroxyl groups is 1. The second-order valence-electron chi connectivity index (χ2n) is 7.11. The largest absolute Gasteiger partial charge is 0.508 e. The minimum absolute atomic E-state index is 0. The van der Waals surface area contributed by atoms with E-state index in [0.29, 0.717) is 5.95 Å². The molecule has 1 aliphatic heterocycles. The third kappa shape index (κ3) is 6.36. The summed E-state index contributed by atoms with van der Waals surface area (Å²) < 4.78 is 4.98. The van der Waals surface area contributed by atoms with E-state index in [2.05, 4.69) is 43.2 Å². The van der Waals surface area contributed by atoms with E-state index in [1.807, 2.05) is 29.4 Å². The summed E-state index contributed by atoms with van der Waals surface area (Å²) >= 11 is 1.38. The van der Waals surface area contributed by atoms with Crippen LogP contribution in [0.5, 0.6) is 0 Å². The lowest BCUT2D eigenvalue weighted by atomic mass is 9.89. The predicted octanol–water partition coefficient (Wildman–Crippen LogP) is 3.38. The Morgan fingerprint density at radius 2 is 2.28 bits per heavy atom. The molecule has 9 nitrogen and oxygen atoms in total. The molecule has 2 aromatic rings. The third-order valence-corrected chi connectivity index (χ3v) is 5.66. The highest BCUT2D eigenvalue weighted by atomic mass is 32.2. The minimum atomic E-state index is 0. The molecule has 2 aromatic heterocycles. The molecule has 0 spiro atoms. The Hall–Kier alpha value is -2.79. The lowest BCUT2D eigenvalue weighted by Crippen LogP contribution is -2.37. The average molecular weight is 477 g/mol. The number of guanidine groups is 1. The summed E-state index contributed by atoms with van der Waals surface area (Å²) in [6.07, 6.45) is 9.23. The molecule has 174 valence electrons. The molecule has 1 atom stereocenters. The van der Waals surface area contributed by atoms with E-state index in [1.54, 1.807) is 19.3 Å². The molecule has 0 radical (unpaired) electrons. The Morgan fingerprint density at radius 1 is 1.50 bits per heavy atom. The number of nitrogens with one attached hydrogen (secondary N) is 3. The SMILES string of the molecule is C=C/C=C(\C(=C)O)C1CCCN(c2nccc(-c3cn(SNC(=NC)NCC)[nH]3)n2)C1.S. The van der Waals surface area contributed by atoms with E-state index in [1.165, 1.54) is 12.1 Å². The Morgan fingerprint density at radius 3 is 2.94 bits per heavy atom. The van der Waals surface area contributed by atoms with Gasteiger partial charge in [0, 0.05) is 38.8 Å². The summed E-state index contributed by atoms with van der Waals surface area (Å²) in [4.78, 5) is 15.5. The quantitative estimate of drug-likeness (QED) is 0.152. The van der Waals surface area contributed by atoms with Crippen molar-refractivity contribution >= 4 is 37.5 Å². The molecule has 1 saturated heterocycles. The van der Waals surface area contributed by atoms with Gasteiger partial charge in [0.25, 0.3) is 0 Å². The molecule has 1 fully saturated rings.